The quantitative estimate of drug-likeness (QED) is 0.557. The van der Waals surface area contributed by atoms with Crippen molar-refractivity contribution >= 4 is 17.6 Å². The van der Waals surface area contributed by atoms with E-state index in [1.165, 1.54) is 0 Å². The monoisotopic (exact) mass is 527 g/mol. The van der Waals surface area contributed by atoms with Crippen LogP contribution < -0.4 is 15.0 Å². The van der Waals surface area contributed by atoms with Crippen molar-refractivity contribution < 1.29 is 14.3 Å². The number of fused-ring (bicyclic) bond motifs is 1. The van der Waals surface area contributed by atoms with E-state index in [0.29, 0.717) is 44.9 Å². The zero-order valence-corrected chi connectivity index (χ0v) is 22.4. The summed E-state index contributed by atoms with van der Waals surface area (Å²) in [7, 11) is 0. The molecule has 39 heavy (non-hydrogen) atoms. The van der Waals surface area contributed by atoms with Crippen LogP contribution in [0.1, 0.15) is 40.7 Å². The first-order valence-corrected chi connectivity index (χ1v) is 13.9. The minimum Gasteiger partial charge on any atom is -0.493 e. The van der Waals surface area contributed by atoms with Gasteiger partial charge in [-0.2, -0.15) is 0 Å². The van der Waals surface area contributed by atoms with Crippen LogP contribution in [0.5, 0.6) is 5.75 Å². The molecule has 1 N–H and O–H groups in total. The van der Waals surface area contributed by atoms with E-state index in [2.05, 4.69) is 32.2 Å². The molecule has 3 aromatic rings. The summed E-state index contributed by atoms with van der Waals surface area (Å²) in [6, 6.07) is 21.8. The lowest BCUT2D eigenvalue weighted by molar-refractivity contribution is -0.122. The van der Waals surface area contributed by atoms with Gasteiger partial charge in [0.2, 0.25) is 5.91 Å². The predicted octanol–water partition coefficient (Wildman–Crippen LogP) is 3.73. The molecule has 1 aromatic heterocycles. The number of rotatable bonds is 4. The van der Waals surface area contributed by atoms with Gasteiger partial charge in [0.1, 0.15) is 11.6 Å². The average Bonchev–Trinajstić information content (AvgIpc) is 2.99. The summed E-state index contributed by atoms with van der Waals surface area (Å²) in [5.41, 5.74) is 2.61. The Morgan fingerprint density at radius 1 is 0.872 bits per heavy atom. The summed E-state index contributed by atoms with van der Waals surface area (Å²) in [6.07, 6.45) is 4.59. The Bertz CT molecular complexity index is 1230. The van der Waals surface area contributed by atoms with Crippen LogP contribution >= 0.6 is 0 Å². The van der Waals surface area contributed by atoms with E-state index < -0.39 is 0 Å². The van der Waals surface area contributed by atoms with Crippen molar-refractivity contribution in [3.63, 3.8) is 0 Å². The standard InChI is InChI=1S/C31H37N5O3/c37-30-24-34(22-25-10-3-1-4-11-25)23-27-26(12-9-13-28(27)39-21-8-2-6-16-33-30)31(38)36-19-17-35(18-20-36)29-14-5-7-15-32-29/h1,3-5,7,9-15H,2,6,8,16-24H2,(H,33,37). The summed E-state index contributed by atoms with van der Waals surface area (Å²) < 4.78 is 6.26. The largest absolute Gasteiger partial charge is 0.493 e. The summed E-state index contributed by atoms with van der Waals surface area (Å²) in [5, 5.41) is 3.06. The number of carbonyl (C=O) groups is 2. The second-order valence-electron chi connectivity index (χ2n) is 10.1. The summed E-state index contributed by atoms with van der Waals surface area (Å²) in [4.78, 5) is 37.4. The van der Waals surface area contributed by atoms with Crippen LogP contribution in [0.4, 0.5) is 5.82 Å². The lowest BCUT2D eigenvalue weighted by Crippen LogP contribution is -2.49. The topological polar surface area (TPSA) is 78.0 Å². The molecule has 204 valence electrons. The lowest BCUT2D eigenvalue weighted by Gasteiger charge is -2.36. The highest BCUT2D eigenvalue weighted by molar-refractivity contribution is 5.96. The number of amides is 2. The molecule has 5 rings (SSSR count). The Labute approximate surface area is 230 Å². The van der Waals surface area contributed by atoms with Gasteiger partial charge >= 0.3 is 0 Å². The molecule has 3 heterocycles. The van der Waals surface area contributed by atoms with Crippen LogP contribution in [-0.4, -0.2) is 72.5 Å². The van der Waals surface area contributed by atoms with E-state index >= 15 is 0 Å². The van der Waals surface area contributed by atoms with Gasteiger partial charge in [-0.15, -0.1) is 0 Å². The molecule has 0 radical (unpaired) electrons. The van der Waals surface area contributed by atoms with Gasteiger partial charge in [-0.1, -0.05) is 42.5 Å². The number of anilines is 1. The highest BCUT2D eigenvalue weighted by Gasteiger charge is 2.27. The summed E-state index contributed by atoms with van der Waals surface area (Å²) in [5.74, 6) is 1.67. The molecule has 0 aliphatic carbocycles. The number of pyridine rings is 1. The summed E-state index contributed by atoms with van der Waals surface area (Å²) in [6.45, 7) is 5.24. The van der Waals surface area contributed by atoms with Crippen molar-refractivity contribution in [2.45, 2.75) is 32.4 Å². The molecule has 0 saturated carbocycles. The second kappa shape index (κ2) is 13.2. The van der Waals surface area contributed by atoms with Gasteiger partial charge in [-0.05, 0) is 49.1 Å². The maximum atomic E-state index is 13.9. The van der Waals surface area contributed by atoms with E-state index in [9.17, 15) is 9.59 Å². The number of nitrogens with one attached hydrogen (secondary N) is 1. The molecule has 1 fully saturated rings. The molecule has 2 aliphatic rings. The highest BCUT2D eigenvalue weighted by atomic mass is 16.5. The molecule has 0 spiro atoms. The van der Waals surface area contributed by atoms with Crippen LogP contribution in [0.3, 0.4) is 0 Å². The molecule has 1 saturated heterocycles. The van der Waals surface area contributed by atoms with Crippen molar-refractivity contribution in [2.24, 2.45) is 0 Å². The minimum absolute atomic E-state index is 0.00194. The molecule has 2 aromatic carbocycles. The normalized spacial score (nSPS) is 17.6. The number of aromatic nitrogens is 1. The number of hydrogen-bond donors (Lipinski definition) is 1. The zero-order chi connectivity index (χ0) is 26.9. The number of nitrogens with zero attached hydrogens (tertiary/aromatic N) is 4. The third-order valence-corrected chi connectivity index (χ3v) is 7.30. The first-order chi connectivity index (χ1) is 19.2. The van der Waals surface area contributed by atoms with Crippen molar-refractivity contribution in [1.82, 2.24) is 20.1 Å². The van der Waals surface area contributed by atoms with Gasteiger partial charge in [0, 0.05) is 63.1 Å². The van der Waals surface area contributed by atoms with E-state index in [-0.39, 0.29) is 18.4 Å². The van der Waals surface area contributed by atoms with E-state index in [1.807, 2.05) is 59.5 Å². The van der Waals surface area contributed by atoms with Gasteiger partial charge in [0.25, 0.3) is 5.91 Å². The van der Waals surface area contributed by atoms with Crippen LogP contribution in [0.15, 0.2) is 72.9 Å². The Morgan fingerprint density at radius 3 is 2.49 bits per heavy atom. The van der Waals surface area contributed by atoms with Crippen LogP contribution in [0, 0.1) is 0 Å². The Balaban J connectivity index is 1.39. The van der Waals surface area contributed by atoms with Crippen LogP contribution in [0.25, 0.3) is 0 Å². The van der Waals surface area contributed by atoms with Crippen molar-refractivity contribution in [3.05, 3.63) is 89.6 Å². The van der Waals surface area contributed by atoms with Gasteiger partial charge in [-0.25, -0.2) is 4.98 Å². The van der Waals surface area contributed by atoms with E-state index in [1.54, 1.807) is 6.20 Å². The van der Waals surface area contributed by atoms with Crippen LogP contribution in [0.2, 0.25) is 0 Å². The van der Waals surface area contributed by atoms with E-state index in [4.69, 9.17) is 4.74 Å². The zero-order valence-electron chi connectivity index (χ0n) is 22.4. The second-order valence-corrected chi connectivity index (χ2v) is 10.1. The Hall–Kier alpha value is -3.91. The molecule has 8 heteroatoms. The third kappa shape index (κ3) is 7.15. The fraction of sp³-hybridized carbons (Fsp3) is 0.387. The first kappa shape index (κ1) is 26.7. The first-order valence-electron chi connectivity index (χ1n) is 13.9. The Morgan fingerprint density at radius 2 is 1.69 bits per heavy atom. The third-order valence-electron chi connectivity index (χ3n) is 7.30. The molecule has 0 bridgehead atoms. The molecule has 0 unspecified atom stereocenters. The molecule has 0 atom stereocenters. The van der Waals surface area contributed by atoms with Gasteiger partial charge in [0.05, 0.1) is 13.2 Å². The fourth-order valence-corrected chi connectivity index (χ4v) is 5.22. The summed E-state index contributed by atoms with van der Waals surface area (Å²) >= 11 is 0. The van der Waals surface area contributed by atoms with Crippen molar-refractivity contribution in [2.75, 3.05) is 50.8 Å². The van der Waals surface area contributed by atoms with Crippen molar-refractivity contribution in [3.8, 4) is 5.75 Å². The smallest absolute Gasteiger partial charge is 0.254 e. The van der Waals surface area contributed by atoms with Crippen molar-refractivity contribution in [1.29, 1.82) is 0 Å². The van der Waals surface area contributed by atoms with Crippen LogP contribution in [-0.2, 0) is 17.9 Å². The maximum Gasteiger partial charge on any atom is 0.254 e. The molecule has 2 amide bonds. The molecular weight excluding hydrogens is 490 g/mol. The number of hydrogen-bond acceptors (Lipinski definition) is 6. The van der Waals surface area contributed by atoms with Gasteiger partial charge in [0.15, 0.2) is 0 Å². The number of carbonyl (C=O) groups excluding carboxylic acids is 2. The predicted molar refractivity (Wildman–Crippen MR) is 152 cm³/mol. The minimum atomic E-state index is 0.00194. The van der Waals surface area contributed by atoms with Gasteiger partial charge in [-0.3, -0.25) is 14.5 Å². The number of piperazine rings is 1. The highest BCUT2D eigenvalue weighted by Crippen LogP contribution is 2.27. The fourth-order valence-electron chi connectivity index (χ4n) is 5.22. The van der Waals surface area contributed by atoms with Gasteiger partial charge < -0.3 is 19.9 Å². The van der Waals surface area contributed by atoms with E-state index in [0.717, 1.165) is 55.0 Å². The number of ether oxygens (including phenoxy) is 1. The molecular formula is C31H37N5O3. The average molecular weight is 528 g/mol. The SMILES string of the molecule is O=C1CN(Cc2ccccc2)Cc2c(cccc2C(=O)N2CCN(c3ccccn3)CC2)OCCCCCN1. The molecule has 2 aliphatic heterocycles. The lowest BCUT2D eigenvalue weighted by atomic mass is 10.0. The Kier molecular flexibility index (Phi) is 9.06. The number of benzene rings is 2. The maximum absolute atomic E-state index is 13.9. The molecule has 8 nitrogen and oxygen atoms in total.